The first kappa shape index (κ1) is 26.3. The van der Waals surface area contributed by atoms with E-state index in [0.29, 0.717) is 16.7 Å². The number of aromatic nitrogens is 3. The monoisotopic (exact) mass is 513 g/mol. The van der Waals surface area contributed by atoms with E-state index in [2.05, 4.69) is 20.8 Å². The highest BCUT2D eigenvalue weighted by Gasteiger charge is 2.26. The van der Waals surface area contributed by atoms with Crippen LogP contribution in [-0.2, 0) is 11.8 Å². The normalized spacial score (nSPS) is 11.7. The van der Waals surface area contributed by atoms with Crippen molar-refractivity contribution in [1.29, 1.82) is 0 Å². The minimum Gasteiger partial charge on any atom is -0.342 e. The summed E-state index contributed by atoms with van der Waals surface area (Å²) in [4.78, 5) is 45.8. The molecule has 0 radical (unpaired) electrons. The van der Waals surface area contributed by atoms with Crippen LogP contribution in [0.1, 0.15) is 36.1 Å². The van der Waals surface area contributed by atoms with Crippen molar-refractivity contribution in [1.82, 2.24) is 20.1 Å². The predicted octanol–water partition coefficient (Wildman–Crippen LogP) is 3.49. The Morgan fingerprint density at radius 3 is 2.31 bits per heavy atom. The second-order valence-corrected chi connectivity index (χ2v) is 8.99. The first-order valence-corrected chi connectivity index (χ1v) is 11.7. The number of carbonyl (C=O) groups is 2. The Morgan fingerprint density at radius 1 is 1.03 bits per heavy atom. The van der Waals surface area contributed by atoms with Crippen molar-refractivity contribution in [2.45, 2.75) is 25.0 Å². The zero-order valence-electron chi connectivity index (χ0n) is 19.6. The molecule has 188 valence electrons. The summed E-state index contributed by atoms with van der Waals surface area (Å²) in [5.41, 5.74) is 0.308. The molecule has 36 heavy (non-hydrogen) atoms. The Balaban J connectivity index is 1.66. The molecular formula is C22H23N7O6S. The first-order chi connectivity index (χ1) is 17.1. The van der Waals surface area contributed by atoms with Gasteiger partial charge in [-0.1, -0.05) is 31.7 Å². The molecule has 0 fully saturated rings. The van der Waals surface area contributed by atoms with Crippen molar-refractivity contribution in [2.24, 2.45) is 13.0 Å². The van der Waals surface area contributed by atoms with Crippen molar-refractivity contribution in [3.05, 3.63) is 80.1 Å². The smallest absolute Gasteiger partial charge is 0.270 e. The molecule has 14 heteroatoms. The molecule has 0 aliphatic rings. The fourth-order valence-electron chi connectivity index (χ4n) is 3.23. The molecule has 3 rings (SSSR count). The van der Waals surface area contributed by atoms with Crippen LogP contribution in [0, 0.1) is 26.1 Å². The number of anilines is 1. The number of nitrogens with one attached hydrogen (secondary N) is 2. The van der Waals surface area contributed by atoms with Gasteiger partial charge in [-0.05, 0) is 24.1 Å². The van der Waals surface area contributed by atoms with Crippen molar-refractivity contribution in [2.75, 3.05) is 11.1 Å². The topological polar surface area (TPSA) is 175 Å². The second kappa shape index (κ2) is 11.4. The molecule has 2 aromatic carbocycles. The lowest BCUT2D eigenvalue weighted by Crippen LogP contribution is -2.33. The lowest BCUT2D eigenvalue weighted by molar-refractivity contribution is -0.385. The van der Waals surface area contributed by atoms with Crippen LogP contribution in [0.15, 0.2) is 53.7 Å². The van der Waals surface area contributed by atoms with Crippen LogP contribution in [0.3, 0.4) is 0 Å². The zero-order chi connectivity index (χ0) is 26.4. The molecule has 0 unspecified atom stereocenters. The standard InChI is InChI=1S/C22H23N7O6S/c1-13(2)19(24-21(31)14-5-4-6-17(11-14)29(34)35)20-25-26-22(27(20)3)36-12-18(30)23-15-7-9-16(10-8-15)28(32)33/h4-11,13,19H,12H2,1-3H3,(H,23,30)(H,24,31)/t19-/m0/s1. The molecule has 0 aliphatic heterocycles. The Hall–Kier alpha value is -4.33. The van der Waals surface area contributed by atoms with Gasteiger partial charge in [-0.25, -0.2) is 0 Å². The van der Waals surface area contributed by atoms with Crippen LogP contribution < -0.4 is 10.6 Å². The number of nitro groups is 2. The number of carbonyl (C=O) groups excluding carboxylic acids is 2. The molecule has 1 aromatic heterocycles. The largest absolute Gasteiger partial charge is 0.342 e. The summed E-state index contributed by atoms with van der Waals surface area (Å²) in [7, 11) is 1.71. The van der Waals surface area contributed by atoms with Crippen LogP contribution in [-0.4, -0.2) is 42.2 Å². The first-order valence-electron chi connectivity index (χ1n) is 10.7. The van der Waals surface area contributed by atoms with Crippen LogP contribution in [0.4, 0.5) is 17.1 Å². The quantitative estimate of drug-likeness (QED) is 0.233. The Labute approximate surface area is 209 Å². The Morgan fingerprint density at radius 2 is 1.69 bits per heavy atom. The van der Waals surface area contributed by atoms with Gasteiger partial charge in [0.15, 0.2) is 11.0 Å². The van der Waals surface area contributed by atoms with Gasteiger partial charge in [-0.3, -0.25) is 29.8 Å². The maximum Gasteiger partial charge on any atom is 0.270 e. The summed E-state index contributed by atoms with van der Waals surface area (Å²) in [6.07, 6.45) is 0. The SMILES string of the molecule is CC(C)[C@H](NC(=O)c1cccc([N+](=O)[O-])c1)c1nnc(SCC(=O)Nc2ccc([N+](=O)[O-])cc2)n1C. The molecule has 3 aromatic rings. The highest BCUT2D eigenvalue weighted by molar-refractivity contribution is 7.99. The maximum absolute atomic E-state index is 12.8. The minimum absolute atomic E-state index is 0.00927. The summed E-state index contributed by atoms with van der Waals surface area (Å²) in [6.45, 7) is 3.77. The van der Waals surface area contributed by atoms with Crippen molar-refractivity contribution >= 4 is 40.6 Å². The molecule has 0 bridgehead atoms. The summed E-state index contributed by atoms with van der Waals surface area (Å²) in [5.74, 6) is -0.439. The van der Waals surface area contributed by atoms with E-state index in [9.17, 15) is 29.8 Å². The fraction of sp³-hybridized carbons (Fsp3) is 0.273. The minimum atomic E-state index is -0.569. The number of nitrogens with zero attached hydrogens (tertiary/aromatic N) is 5. The van der Waals surface area contributed by atoms with Gasteiger partial charge in [0.25, 0.3) is 17.3 Å². The zero-order valence-corrected chi connectivity index (χ0v) is 20.4. The molecule has 0 saturated heterocycles. The van der Waals surface area contributed by atoms with E-state index in [4.69, 9.17) is 0 Å². The number of rotatable bonds is 10. The van der Waals surface area contributed by atoms with E-state index >= 15 is 0 Å². The van der Waals surface area contributed by atoms with E-state index in [-0.39, 0.29) is 34.5 Å². The van der Waals surface area contributed by atoms with Gasteiger partial charge in [0.2, 0.25) is 5.91 Å². The highest BCUT2D eigenvalue weighted by atomic mass is 32.2. The number of hydrogen-bond acceptors (Lipinski definition) is 9. The fourth-order valence-corrected chi connectivity index (χ4v) is 3.95. The van der Waals surface area contributed by atoms with Crippen LogP contribution in [0.2, 0.25) is 0 Å². The number of thioether (sulfide) groups is 1. The molecule has 0 spiro atoms. The average Bonchev–Trinajstić information content (AvgIpc) is 3.21. The summed E-state index contributed by atoms with van der Waals surface area (Å²) >= 11 is 1.13. The molecule has 0 saturated carbocycles. The van der Waals surface area contributed by atoms with Crippen molar-refractivity contribution in [3.8, 4) is 0 Å². The van der Waals surface area contributed by atoms with E-state index in [1.165, 1.54) is 48.5 Å². The molecular weight excluding hydrogens is 490 g/mol. The molecule has 1 atom stereocenters. The number of benzene rings is 2. The number of amides is 2. The third-order valence-electron chi connectivity index (χ3n) is 5.11. The molecule has 0 aliphatic carbocycles. The molecule has 1 heterocycles. The maximum atomic E-state index is 12.8. The van der Waals surface area contributed by atoms with Gasteiger partial charge >= 0.3 is 0 Å². The van der Waals surface area contributed by atoms with Crippen molar-refractivity contribution in [3.63, 3.8) is 0 Å². The number of hydrogen-bond donors (Lipinski definition) is 2. The Bertz CT molecular complexity index is 1290. The number of nitro benzene ring substituents is 2. The van der Waals surface area contributed by atoms with Gasteiger partial charge in [0.05, 0.1) is 21.6 Å². The van der Waals surface area contributed by atoms with Crippen LogP contribution >= 0.6 is 11.8 Å². The Kier molecular flexibility index (Phi) is 8.32. The van der Waals surface area contributed by atoms with E-state index in [1.807, 2.05) is 13.8 Å². The van der Waals surface area contributed by atoms with Gasteiger partial charge in [-0.2, -0.15) is 0 Å². The van der Waals surface area contributed by atoms with Gasteiger partial charge in [0.1, 0.15) is 0 Å². The van der Waals surface area contributed by atoms with Gasteiger partial charge in [0, 0.05) is 42.6 Å². The summed E-state index contributed by atoms with van der Waals surface area (Å²) in [5, 5.41) is 36.0. The summed E-state index contributed by atoms with van der Waals surface area (Å²) in [6, 6.07) is 10.4. The third-order valence-corrected chi connectivity index (χ3v) is 6.13. The summed E-state index contributed by atoms with van der Waals surface area (Å²) < 4.78 is 1.67. The molecule has 13 nitrogen and oxygen atoms in total. The van der Waals surface area contributed by atoms with Gasteiger partial charge < -0.3 is 15.2 Å². The highest BCUT2D eigenvalue weighted by Crippen LogP contribution is 2.25. The molecule has 2 N–H and O–H groups in total. The predicted molar refractivity (Wildman–Crippen MR) is 132 cm³/mol. The lowest BCUT2D eigenvalue weighted by Gasteiger charge is -2.21. The van der Waals surface area contributed by atoms with Crippen LogP contribution in [0.5, 0.6) is 0 Å². The van der Waals surface area contributed by atoms with Crippen LogP contribution in [0.25, 0.3) is 0 Å². The van der Waals surface area contributed by atoms with Gasteiger partial charge in [-0.15, -0.1) is 10.2 Å². The number of non-ortho nitro benzene ring substituents is 2. The lowest BCUT2D eigenvalue weighted by atomic mass is 10.0. The second-order valence-electron chi connectivity index (χ2n) is 8.04. The van der Waals surface area contributed by atoms with E-state index in [1.54, 1.807) is 11.6 Å². The van der Waals surface area contributed by atoms with E-state index < -0.39 is 21.8 Å². The van der Waals surface area contributed by atoms with E-state index in [0.717, 1.165) is 11.8 Å². The molecule has 2 amide bonds. The average molecular weight is 514 g/mol. The third kappa shape index (κ3) is 6.41. The van der Waals surface area contributed by atoms with Crippen molar-refractivity contribution < 1.29 is 19.4 Å².